The molecular weight excluding hydrogens is 280 g/mol. The Balaban J connectivity index is 1.87. The lowest BCUT2D eigenvalue weighted by molar-refractivity contribution is 0.688. The van der Waals surface area contributed by atoms with Crippen molar-refractivity contribution in [1.29, 1.82) is 0 Å². The van der Waals surface area contributed by atoms with Crippen molar-refractivity contribution in [2.45, 2.75) is 45.4 Å². The molecule has 0 aromatic carbocycles. The van der Waals surface area contributed by atoms with E-state index in [1.54, 1.807) is 0 Å². The molecule has 0 spiro atoms. The van der Waals surface area contributed by atoms with Gasteiger partial charge in [-0.1, -0.05) is 26.7 Å². The molecule has 0 aliphatic carbocycles. The van der Waals surface area contributed by atoms with Gasteiger partial charge >= 0.3 is 0 Å². The van der Waals surface area contributed by atoms with E-state index in [1.165, 1.54) is 31.4 Å². The Hall–Kier alpha value is -1.23. The highest BCUT2D eigenvalue weighted by Crippen LogP contribution is 2.19. The summed E-state index contributed by atoms with van der Waals surface area (Å²) >= 11 is 1.93. The summed E-state index contributed by atoms with van der Waals surface area (Å²) in [7, 11) is 0. The van der Waals surface area contributed by atoms with Gasteiger partial charge in [0.05, 0.1) is 5.69 Å². The van der Waals surface area contributed by atoms with Crippen LogP contribution in [0.5, 0.6) is 0 Å². The van der Waals surface area contributed by atoms with Gasteiger partial charge in [0.25, 0.3) is 0 Å². The minimum absolute atomic E-state index is 0.439. The molecule has 0 aliphatic heterocycles. The highest BCUT2D eigenvalue weighted by Gasteiger charge is 2.09. The van der Waals surface area contributed by atoms with Crippen LogP contribution in [0.2, 0.25) is 0 Å². The number of hydrogen-bond acceptors (Lipinski definition) is 4. The van der Waals surface area contributed by atoms with E-state index in [9.17, 15) is 0 Å². The van der Waals surface area contributed by atoms with Crippen molar-refractivity contribution in [3.63, 3.8) is 0 Å². The molecule has 0 unspecified atom stereocenters. The quantitative estimate of drug-likeness (QED) is 0.705. The van der Waals surface area contributed by atoms with Crippen molar-refractivity contribution in [2.75, 3.05) is 23.9 Å². The zero-order valence-corrected chi connectivity index (χ0v) is 14.1. The summed E-state index contributed by atoms with van der Waals surface area (Å²) < 4.78 is 1.92. The Morgan fingerprint density at radius 2 is 2.05 bits per heavy atom. The van der Waals surface area contributed by atoms with Gasteiger partial charge in [-0.15, -0.1) is 0 Å². The van der Waals surface area contributed by atoms with Gasteiger partial charge in [-0.3, -0.25) is 0 Å². The predicted molar refractivity (Wildman–Crippen MR) is 92.4 cm³/mol. The average Bonchev–Trinajstić information content (AvgIpc) is 2.91. The molecule has 4 nitrogen and oxygen atoms in total. The van der Waals surface area contributed by atoms with Gasteiger partial charge in [0.1, 0.15) is 5.52 Å². The summed E-state index contributed by atoms with van der Waals surface area (Å²) in [6.07, 6.45) is 11.0. The fraction of sp³-hybridized carbons (Fsp3) is 0.625. The number of rotatable bonds is 9. The molecular formula is C16H26N4S. The Morgan fingerprint density at radius 3 is 2.81 bits per heavy atom. The van der Waals surface area contributed by atoms with Gasteiger partial charge in [-0.25, -0.2) is 9.50 Å². The highest BCUT2D eigenvalue weighted by atomic mass is 32.2. The highest BCUT2D eigenvalue weighted by molar-refractivity contribution is 7.98. The van der Waals surface area contributed by atoms with Crippen molar-refractivity contribution in [3.05, 3.63) is 24.2 Å². The van der Waals surface area contributed by atoms with E-state index in [0.29, 0.717) is 5.92 Å². The minimum atomic E-state index is 0.439. The number of unbranched alkanes of at least 4 members (excludes halogenated alkanes) is 3. The van der Waals surface area contributed by atoms with Gasteiger partial charge in [0.2, 0.25) is 0 Å². The van der Waals surface area contributed by atoms with Crippen molar-refractivity contribution in [1.82, 2.24) is 14.6 Å². The standard InChI is InChI=1S/C16H26N4S/c1-13(2)14-12-15-16(18-9-10-20(15)19-14)17-8-6-4-5-7-11-21-3/h9-10,12-13H,4-8,11H2,1-3H3,(H,17,18). The van der Waals surface area contributed by atoms with Crippen molar-refractivity contribution in [2.24, 2.45) is 0 Å². The first-order valence-electron chi connectivity index (χ1n) is 7.79. The molecule has 0 aliphatic rings. The van der Waals surface area contributed by atoms with Crippen LogP contribution < -0.4 is 5.32 Å². The molecule has 0 amide bonds. The largest absolute Gasteiger partial charge is 0.368 e. The molecule has 0 radical (unpaired) electrons. The molecule has 0 atom stereocenters. The fourth-order valence-corrected chi connectivity index (χ4v) is 2.78. The molecule has 1 N–H and O–H groups in total. The SMILES string of the molecule is CSCCCCCCNc1nccn2nc(C(C)C)cc12. The molecule has 0 fully saturated rings. The van der Waals surface area contributed by atoms with Crippen LogP contribution in [-0.4, -0.2) is 33.2 Å². The smallest absolute Gasteiger partial charge is 0.152 e. The molecule has 21 heavy (non-hydrogen) atoms. The van der Waals surface area contributed by atoms with E-state index in [4.69, 9.17) is 0 Å². The van der Waals surface area contributed by atoms with Crippen molar-refractivity contribution >= 4 is 23.1 Å². The zero-order chi connectivity index (χ0) is 15.1. The summed E-state index contributed by atoms with van der Waals surface area (Å²) in [5.41, 5.74) is 2.19. The van der Waals surface area contributed by atoms with E-state index in [-0.39, 0.29) is 0 Å². The van der Waals surface area contributed by atoms with Crippen LogP contribution >= 0.6 is 11.8 Å². The topological polar surface area (TPSA) is 42.2 Å². The number of thioether (sulfide) groups is 1. The Bertz CT molecular complexity index is 550. The average molecular weight is 306 g/mol. The summed E-state index contributed by atoms with van der Waals surface area (Å²) in [6, 6.07) is 2.14. The van der Waals surface area contributed by atoms with Gasteiger partial charge < -0.3 is 5.32 Å². The zero-order valence-electron chi connectivity index (χ0n) is 13.3. The van der Waals surface area contributed by atoms with E-state index in [1.807, 2.05) is 28.7 Å². The summed E-state index contributed by atoms with van der Waals surface area (Å²) in [5.74, 6) is 2.66. The summed E-state index contributed by atoms with van der Waals surface area (Å²) in [5, 5.41) is 8.04. The second kappa shape index (κ2) is 8.27. The maximum atomic E-state index is 4.59. The second-order valence-corrected chi connectivity index (χ2v) is 6.65. The summed E-state index contributed by atoms with van der Waals surface area (Å²) in [6.45, 7) is 5.31. The maximum absolute atomic E-state index is 4.59. The molecule has 0 saturated carbocycles. The van der Waals surface area contributed by atoms with Crippen LogP contribution in [0.25, 0.3) is 5.52 Å². The van der Waals surface area contributed by atoms with Crippen LogP contribution in [0.1, 0.15) is 51.1 Å². The van der Waals surface area contributed by atoms with Crippen molar-refractivity contribution < 1.29 is 0 Å². The van der Waals surface area contributed by atoms with Crippen LogP contribution in [0.3, 0.4) is 0 Å². The Labute approximate surface area is 131 Å². The van der Waals surface area contributed by atoms with Crippen molar-refractivity contribution in [3.8, 4) is 0 Å². The first-order valence-corrected chi connectivity index (χ1v) is 9.19. The molecule has 2 aromatic rings. The number of anilines is 1. The normalized spacial score (nSPS) is 11.4. The van der Waals surface area contributed by atoms with Crippen LogP contribution in [-0.2, 0) is 0 Å². The molecule has 116 valence electrons. The Morgan fingerprint density at radius 1 is 1.24 bits per heavy atom. The number of nitrogens with one attached hydrogen (secondary N) is 1. The number of fused-ring (bicyclic) bond motifs is 1. The van der Waals surface area contributed by atoms with Gasteiger partial charge in [0, 0.05) is 18.9 Å². The van der Waals surface area contributed by atoms with E-state index < -0.39 is 0 Å². The molecule has 2 aromatic heterocycles. The maximum Gasteiger partial charge on any atom is 0.152 e. The molecule has 2 heterocycles. The van der Waals surface area contributed by atoms with Gasteiger partial charge in [-0.2, -0.15) is 16.9 Å². The Kier molecular flexibility index (Phi) is 6.36. The number of hydrogen-bond donors (Lipinski definition) is 1. The lowest BCUT2D eigenvalue weighted by Gasteiger charge is -2.06. The lowest BCUT2D eigenvalue weighted by atomic mass is 10.1. The predicted octanol–water partition coefficient (Wildman–Crippen LogP) is 4.19. The van der Waals surface area contributed by atoms with E-state index in [2.05, 4.69) is 41.6 Å². The molecule has 5 heteroatoms. The summed E-state index contributed by atoms with van der Waals surface area (Å²) in [4.78, 5) is 4.45. The monoisotopic (exact) mass is 306 g/mol. The third kappa shape index (κ3) is 4.63. The number of aromatic nitrogens is 3. The molecule has 0 saturated heterocycles. The first kappa shape index (κ1) is 16.1. The lowest BCUT2D eigenvalue weighted by Crippen LogP contribution is -2.05. The van der Waals surface area contributed by atoms with Gasteiger partial charge in [0.15, 0.2) is 5.82 Å². The van der Waals surface area contributed by atoms with E-state index in [0.717, 1.165) is 23.6 Å². The molecule has 2 rings (SSSR count). The minimum Gasteiger partial charge on any atom is -0.368 e. The third-order valence-electron chi connectivity index (χ3n) is 3.57. The fourth-order valence-electron chi connectivity index (χ4n) is 2.29. The van der Waals surface area contributed by atoms with E-state index >= 15 is 0 Å². The van der Waals surface area contributed by atoms with Crippen LogP contribution in [0, 0.1) is 0 Å². The van der Waals surface area contributed by atoms with Gasteiger partial charge in [-0.05, 0) is 36.8 Å². The molecule has 0 bridgehead atoms. The number of nitrogens with zero attached hydrogens (tertiary/aromatic N) is 3. The van der Waals surface area contributed by atoms with Crippen LogP contribution in [0.4, 0.5) is 5.82 Å². The third-order valence-corrected chi connectivity index (χ3v) is 4.26. The second-order valence-electron chi connectivity index (χ2n) is 5.66. The first-order chi connectivity index (χ1) is 10.2. The van der Waals surface area contributed by atoms with Crippen LogP contribution in [0.15, 0.2) is 18.5 Å².